The zero-order valence-corrected chi connectivity index (χ0v) is 14.2. The monoisotopic (exact) mass is 322 g/mol. The topological polar surface area (TPSA) is 76.7 Å². The second-order valence-electron chi connectivity index (χ2n) is 5.98. The van der Waals surface area contributed by atoms with Crippen molar-refractivity contribution >= 4 is 12.1 Å². The predicted molar refractivity (Wildman–Crippen MR) is 88.1 cm³/mol. The molecule has 0 radical (unpaired) electrons. The SMILES string of the molecule is CCOC(=O)C(NCCNC(=O)OC(C)(C)C)c1ccccc1. The fraction of sp³-hybridized carbons (Fsp3) is 0.529. The van der Waals surface area contributed by atoms with Crippen LogP contribution in [0.5, 0.6) is 0 Å². The fourth-order valence-corrected chi connectivity index (χ4v) is 1.90. The minimum atomic E-state index is -0.559. The van der Waals surface area contributed by atoms with Gasteiger partial charge in [0.15, 0.2) is 0 Å². The van der Waals surface area contributed by atoms with E-state index in [0.29, 0.717) is 19.7 Å². The first-order valence-electron chi connectivity index (χ1n) is 7.75. The molecule has 0 saturated heterocycles. The van der Waals surface area contributed by atoms with Crippen molar-refractivity contribution in [2.24, 2.45) is 0 Å². The molecule has 0 saturated carbocycles. The molecule has 0 bridgehead atoms. The maximum atomic E-state index is 12.1. The molecule has 2 N–H and O–H groups in total. The zero-order valence-electron chi connectivity index (χ0n) is 14.2. The summed E-state index contributed by atoms with van der Waals surface area (Å²) in [4.78, 5) is 23.6. The first-order chi connectivity index (χ1) is 10.8. The Morgan fingerprint density at radius 1 is 1.13 bits per heavy atom. The quantitative estimate of drug-likeness (QED) is 0.595. The van der Waals surface area contributed by atoms with Gasteiger partial charge in [-0.25, -0.2) is 9.59 Å². The van der Waals surface area contributed by atoms with Crippen LogP contribution in [-0.4, -0.2) is 37.4 Å². The number of hydrogen-bond acceptors (Lipinski definition) is 5. The Hall–Kier alpha value is -2.08. The molecule has 0 heterocycles. The lowest BCUT2D eigenvalue weighted by atomic mass is 10.1. The van der Waals surface area contributed by atoms with Gasteiger partial charge < -0.3 is 14.8 Å². The number of alkyl carbamates (subject to hydrolysis) is 1. The van der Waals surface area contributed by atoms with E-state index in [0.717, 1.165) is 5.56 Å². The molecule has 1 aromatic rings. The van der Waals surface area contributed by atoms with Gasteiger partial charge in [-0.05, 0) is 33.3 Å². The number of ether oxygens (including phenoxy) is 2. The van der Waals surface area contributed by atoms with Crippen molar-refractivity contribution in [3.63, 3.8) is 0 Å². The van der Waals surface area contributed by atoms with Crippen LogP contribution in [0.4, 0.5) is 4.79 Å². The van der Waals surface area contributed by atoms with Crippen molar-refractivity contribution < 1.29 is 19.1 Å². The molecule has 1 aromatic carbocycles. The van der Waals surface area contributed by atoms with Gasteiger partial charge >= 0.3 is 12.1 Å². The molecular formula is C17H26N2O4. The molecule has 0 spiro atoms. The van der Waals surface area contributed by atoms with E-state index < -0.39 is 17.7 Å². The minimum absolute atomic E-state index is 0.319. The van der Waals surface area contributed by atoms with Gasteiger partial charge in [0.1, 0.15) is 11.6 Å². The highest BCUT2D eigenvalue weighted by atomic mass is 16.6. The Balaban J connectivity index is 2.49. The van der Waals surface area contributed by atoms with Gasteiger partial charge in [0.2, 0.25) is 0 Å². The summed E-state index contributed by atoms with van der Waals surface area (Å²) in [7, 11) is 0. The molecule has 0 aliphatic rings. The Morgan fingerprint density at radius 3 is 2.35 bits per heavy atom. The second kappa shape index (κ2) is 9.15. The lowest BCUT2D eigenvalue weighted by Gasteiger charge is -2.20. The van der Waals surface area contributed by atoms with Crippen LogP contribution in [0, 0.1) is 0 Å². The summed E-state index contributed by atoms with van der Waals surface area (Å²) in [6.45, 7) is 8.25. The first kappa shape index (κ1) is 19.0. The van der Waals surface area contributed by atoms with Crippen molar-refractivity contribution in [1.29, 1.82) is 0 Å². The molecule has 0 fully saturated rings. The summed E-state index contributed by atoms with van der Waals surface area (Å²) in [5.74, 6) is -0.337. The van der Waals surface area contributed by atoms with Crippen LogP contribution >= 0.6 is 0 Å². The number of nitrogens with one attached hydrogen (secondary N) is 2. The van der Waals surface area contributed by atoms with E-state index in [1.165, 1.54) is 0 Å². The van der Waals surface area contributed by atoms with Gasteiger partial charge in [-0.1, -0.05) is 30.3 Å². The second-order valence-corrected chi connectivity index (χ2v) is 5.98. The average Bonchev–Trinajstić information content (AvgIpc) is 2.46. The number of hydrogen-bond donors (Lipinski definition) is 2. The zero-order chi connectivity index (χ0) is 17.3. The highest BCUT2D eigenvalue weighted by molar-refractivity contribution is 5.77. The van der Waals surface area contributed by atoms with Crippen LogP contribution in [0.2, 0.25) is 0 Å². The Labute approximate surface area is 137 Å². The van der Waals surface area contributed by atoms with Gasteiger partial charge in [-0.15, -0.1) is 0 Å². The van der Waals surface area contributed by atoms with Gasteiger partial charge in [0.25, 0.3) is 0 Å². The summed E-state index contributed by atoms with van der Waals surface area (Å²) in [5, 5.41) is 5.74. The standard InChI is InChI=1S/C17H26N2O4/c1-5-22-15(20)14(13-9-7-6-8-10-13)18-11-12-19-16(21)23-17(2,3)4/h6-10,14,18H,5,11-12H2,1-4H3,(H,19,21). The molecular weight excluding hydrogens is 296 g/mol. The van der Waals surface area contributed by atoms with E-state index in [1.54, 1.807) is 27.7 Å². The van der Waals surface area contributed by atoms with Crippen LogP contribution in [-0.2, 0) is 14.3 Å². The van der Waals surface area contributed by atoms with Gasteiger partial charge in [0, 0.05) is 13.1 Å². The molecule has 0 aromatic heterocycles. The van der Waals surface area contributed by atoms with E-state index in [1.807, 2.05) is 30.3 Å². The molecule has 0 aliphatic heterocycles. The third-order valence-electron chi connectivity index (χ3n) is 2.80. The Kier molecular flexibility index (Phi) is 7.54. The van der Waals surface area contributed by atoms with Crippen LogP contribution in [0.3, 0.4) is 0 Å². The number of carbonyl (C=O) groups excluding carboxylic acids is 2. The first-order valence-corrected chi connectivity index (χ1v) is 7.75. The Bertz CT molecular complexity index is 497. The molecule has 0 aliphatic carbocycles. The summed E-state index contributed by atoms with van der Waals surface area (Å²) in [6, 6.07) is 8.77. The predicted octanol–water partition coefficient (Wildman–Crippen LogP) is 2.41. The van der Waals surface area contributed by atoms with Crippen molar-refractivity contribution in [3.05, 3.63) is 35.9 Å². The molecule has 1 amide bonds. The van der Waals surface area contributed by atoms with Crippen molar-refractivity contribution in [3.8, 4) is 0 Å². The van der Waals surface area contributed by atoms with Crippen LogP contribution in [0.1, 0.15) is 39.3 Å². The van der Waals surface area contributed by atoms with Gasteiger partial charge in [-0.2, -0.15) is 0 Å². The average molecular weight is 322 g/mol. The highest BCUT2D eigenvalue weighted by Crippen LogP contribution is 2.14. The third-order valence-corrected chi connectivity index (χ3v) is 2.80. The van der Waals surface area contributed by atoms with Crippen molar-refractivity contribution in [1.82, 2.24) is 10.6 Å². The van der Waals surface area contributed by atoms with E-state index >= 15 is 0 Å². The molecule has 1 rings (SSSR count). The highest BCUT2D eigenvalue weighted by Gasteiger charge is 2.21. The fourth-order valence-electron chi connectivity index (χ4n) is 1.90. The van der Waals surface area contributed by atoms with Crippen molar-refractivity contribution in [2.75, 3.05) is 19.7 Å². The summed E-state index contributed by atoms with van der Waals surface area (Å²) >= 11 is 0. The van der Waals surface area contributed by atoms with Crippen molar-refractivity contribution in [2.45, 2.75) is 39.3 Å². The molecule has 128 valence electrons. The minimum Gasteiger partial charge on any atom is -0.465 e. The maximum Gasteiger partial charge on any atom is 0.407 e. The van der Waals surface area contributed by atoms with E-state index in [2.05, 4.69) is 10.6 Å². The van der Waals surface area contributed by atoms with Crippen LogP contribution < -0.4 is 10.6 Å². The summed E-state index contributed by atoms with van der Waals surface area (Å²) in [5.41, 5.74) is 0.290. The van der Waals surface area contributed by atoms with Gasteiger partial charge in [0.05, 0.1) is 6.61 Å². The normalized spacial score (nSPS) is 12.3. The smallest absolute Gasteiger partial charge is 0.407 e. The lowest BCUT2D eigenvalue weighted by Crippen LogP contribution is -2.39. The molecule has 6 nitrogen and oxygen atoms in total. The summed E-state index contributed by atoms with van der Waals surface area (Å²) < 4.78 is 10.2. The molecule has 1 atom stereocenters. The van der Waals surface area contributed by atoms with E-state index in [4.69, 9.17) is 9.47 Å². The number of carbonyl (C=O) groups is 2. The number of esters is 1. The van der Waals surface area contributed by atoms with E-state index in [9.17, 15) is 9.59 Å². The third kappa shape index (κ3) is 7.65. The molecule has 6 heteroatoms. The van der Waals surface area contributed by atoms with Gasteiger partial charge in [-0.3, -0.25) is 5.32 Å². The van der Waals surface area contributed by atoms with Crippen LogP contribution in [0.25, 0.3) is 0 Å². The molecule has 23 heavy (non-hydrogen) atoms. The van der Waals surface area contributed by atoms with E-state index in [-0.39, 0.29) is 5.97 Å². The molecule has 1 unspecified atom stereocenters. The number of benzene rings is 1. The maximum absolute atomic E-state index is 12.1. The largest absolute Gasteiger partial charge is 0.465 e. The number of amides is 1. The van der Waals surface area contributed by atoms with Crippen LogP contribution in [0.15, 0.2) is 30.3 Å². The summed E-state index contributed by atoms with van der Waals surface area (Å²) in [6.07, 6.45) is -0.480. The Morgan fingerprint density at radius 2 is 1.78 bits per heavy atom. The lowest BCUT2D eigenvalue weighted by molar-refractivity contribution is -0.145. The number of rotatable bonds is 7.